The number of ether oxygens (including phenoxy) is 2. The van der Waals surface area contributed by atoms with E-state index in [9.17, 15) is 4.79 Å². The van der Waals surface area contributed by atoms with E-state index in [1.165, 1.54) is 5.56 Å². The minimum absolute atomic E-state index is 0.0514. The lowest BCUT2D eigenvalue weighted by Crippen LogP contribution is -2.49. The zero-order valence-corrected chi connectivity index (χ0v) is 19.3. The van der Waals surface area contributed by atoms with Gasteiger partial charge >= 0.3 is 0 Å². The van der Waals surface area contributed by atoms with Crippen LogP contribution in [0.4, 0.5) is 0 Å². The summed E-state index contributed by atoms with van der Waals surface area (Å²) in [6, 6.07) is 8.17. The van der Waals surface area contributed by atoms with E-state index in [2.05, 4.69) is 45.8 Å². The molecular formula is C24H33N3O3S. The van der Waals surface area contributed by atoms with Crippen molar-refractivity contribution >= 4 is 17.2 Å². The highest BCUT2D eigenvalue weighted by Crippen LogP contribution is 2.34. The predicted molar refractivity (Wildman–Crippen MR) is 124 cm³/mol. The molecule has 0 saturated carbocycles. The van der Waals surface area contributed by atoms with Gasteiger partial charge in [-0.3, -0.25) is 14.6 Å². The van der Waals surface area contributed by atoms with Crippen LogP contribution in [0.25, 0.3) is 0 Å². The van der Waals surface area contributed by atoms with Crippen LogP contribution in [0.3, 0.4) is 0 Å². The molecule has 1 fully saturated rings. The number of piperazine rings is 1. The number of rotatable bonds is 7. The van der Waals surface area contributed by atoms with Gasteiger partial charge in [-0.15, -0.1) is 0 Å². The van der Waals surface area contributed by atoms with Gasteiger partial charge in [-0.25, -0.2) is 0 Å². The Morgan fingerprint density at radius 3 is 2.52 bits per heavy atom. The van der Waals surface area contributed by atoms with Crippen LogP contribution in [0.5, 0.6) is 11.5 Å². The number of hydrogen-bond acceptors (Lipinski definition) is 6. The molecule has 2 aliphatic rings. The molecule has 31 heavy (non-hydrogen) atoms. The number of fused-ring (bicyclic) bond motifs is 1. The second-order valence-corrected chi connectivity index (χ2v) is 9.51. The standard InChI is InChI=1S/C24H33N3O3S/c1-18(2)24(20-4-5-21-22(14-20)30-12-3-11-29-21)25-23(28)16-27-9-7-26(8-10-27)15-19-6-13-31-17-19/h4-6,13-14,17-18,24H,3,7-12,15-16H2,1-2H3,(H,25,28)/t24-/m0/s1. The number of hydrogen-bond donors (Lipinski definition) is 1. The third-order valence-corrected chi connectivity index (χ3v) is 6.66. The normalized spacial score (nSPS) is 18.5. The Balaban J connectivity index is 1.31. The van der Waals surface area contributed by atoms with Gasteiger partial charge < -0.3 is 14.8 Å². The minimum Gasteiger partial charge on any atom is -0.490 e. The Morgan fingerprint density at radius 1 is 1.06 bits per heavy atom. The van der Waals surface area contributed by atoms with Gasteiger partial charge in [0.15, 0.2) is 11.5 Å². The van der Waals surface area contributed by atoms with Crippen LogP contribution in [-0.4, -0.2) is 61.6 Å². The smallest absolute Gasteiger partial charge is 0.234 e. The van der Waals surface area contributed by atoms with Gasteiger partial charge in [-0.2, -0.15) is 11.3 Å². The molecule has 7 heteroatoms. The van der Waals surface area contributed by atoms with E-state index >= 15 is 0 Å². The zero-order chi connectivity index (χ0) is 21.6. The molecule has 168 valence electrons. The second kappa shape index (κ2) is 10.5. The number of carbonyl (C=O) groups is 1. The summed E-state index contributed by atoms with van der Waals surface area (Å²) >= 11 is 1.75. The summed E-state index contributed by atoms with van der Waals surface area (Å²) in [6.07, 6.45) is 0.884. The molecule has 1 N–H and O–H groups in total. The van der Waals surface area contributed by atoms with E-state index < -0.39 is 0 Å². The molecule has 0 aliphatic carbocycles. The molecule has 6 nitrogen and oxygen atoms in total. The minimum atomic E-state index is -0.0514. The predicted octanol–water partition coefficient (Wildman–Crippen LogP) is 3.54. The van der Waals surface area contributed by atoms with Gasteiger partial charge in [0.1, 0.15) is 0 Å². The maximum Gasteiger partial charge on any atom is 0.234 e. The summed E-state index contributed by atoms with van der Waals surface area (Å²) < 4.78 is 11.6. The first-order valence-corrected chi connectivity index (χ1v) is 12.2. The Labute approximate surface area is 189 Å². The lowest BCUT2D eigenvalue weighted by Gasteiger charge is -2.34. The van der Waals surface area contributed by atoms with Crippen LogP contribution in [-0.2, 0) is 11.3 Å². The fraction of sp³-hybridized carbons (Fsp3) is 0.542. The van der Waals surface area contributed by atoms with Crippen molar-refractivity contribution in [1.29, 1.82) is 0 Å². The third-order valence-electron chi connectivity index (χ3n) is 5.93. The first-order valence-electron chi connectivity index (χ1n) is 11.2. The van der Waals surface area contributed by atoms with Crippen LogP contribution in [0.1, 0.15) is 37.4 Å². The molecule has 2 aromatic rings. The molecule has 0 spiro atoms. The van der Waals surface area contributed by atoms with Crippen molar-refractivity contribution in [1.82, 2.24) is 15.1 Å². The highest BCUT2D eigenvalue weighted by molar-refractivity contribution is 7.07. The lowest BCUT2D eigenvalue weighted by molar-refractivity contribution is -0.123. The van der Waals surface area contributed by atoms with Crippen molar-refractivity contribution < 1.29 is 14.3 Å². The van der Waals surface area contributed by atoms with Crippen molar-refractivity contribution in [2.45, 2.75) is 32.9 Å². The molecule has 3 heterocycles. The average Bonchev–Trinajstić information content (AvgIpc) is 3.15. The van der Waals surface area contributed by atoms with E-state index in [0.29, 0.717) is 19.8 Å². The first-order chi connectivity index (χ1) is 15.1. The number of thiophene rings is 1. The molecule has 1 aromatic carbocycles. The van der Waals surface area contributed by atoms with Crippen LogP contribution in [0.2, 0.25) is 0 Å². The van der Waals surface area contributed by atoms with Crippen LogP contribution in [0.15, 0.2) is 35.0 Å². The largest absolute Gasteiger partial charge is 0.490 e. The maximum absolute atomic E-state index is 12.9. The number of nitrogens with zero attached hydrogens (tertiary/aromatic N) is 2. The van der Waals surface area contributed by atoms with Crippen molar-refractivity contribution in [2.24, 2.45) is 5.92 Å². The Bertz CT molecular complexity index is 848. The van der Waals surface area contributed by atoms with Crippen LogP contribution in [0, 0.1) is 5.92 Å². The fourth-order valence-electron chi connectivity index (χ4n) is 4.18. The van der Waals surface area contributed by atoms with Gasteiger partial charge in [0.05, 0.1) is 25.8 Å². The highest BCUT2D eigenvalue weighted by Gasteiger charge is 2.24. The summed E-state index contributed by atoms with van der Waals surface area (Å²) in [7, 11) is 0. The number of amides is 1. The average molecular weight is 444 g/mol. The summed E-state index contributed by atoms with van der Waals surface area (Å²) in [5, 5.41) is 7.60. The second-order valence-electron chi connectivity index (χ2n) is 8.73. The van der Waals surface area contributed by atoms with Gasteiger partial charge in [0.25, 0.3) is 0 Å². The molecule has 1 saturated heterocycles. The Hall–Kier alpha value is -2.09. The number of nitrogens with one attached hydrogen (secondary N) is 1. The first kappa shape index (κ1) is 22.1. The number of carbonyl (C=O) groups excluding carboxylic acids is 1. The quantitative estimate of drug-likeness (QED) is 0.709. The summed E-state index contributed by atoms with van der Waals surface area (Å²) in [5.74, 6) is 1.92. The van der Waals surface area contributed by atoms with E-state index in [-0.39, 0.29) is 17.9 Å². The maximum atomic E-state index is 12.9. The molecule has 0 unspecified atom stereocenters. The van der Waals surface area contributed by atoms with Gasteiger partial charge in [0.2, 0.25) is 5.91 Å². The molecule has 2 aliphatic heterocycles. The van der Waals surface area contributed by atoms with E-state index in [1.54, 1.807) is 11.3 Å². The molecule has 1 aromatic heterocycles. The fourth-order valence-corrected chi connectivity index (χ4v) is 4.84. The SMILES string of the molecule is CC(C)[C@H](NC(=O)CN1CCN(Cc2ccsc2)CC1)c1ccc2c(c1)OCCCO2. The topological polar surface area (TPSA) is 54.0 Å². The molecule has 1 amide bonds. The van der Waals surface area contributed by atoms with Gasteiger partial charge in [-0.1, -0.05) is 19.9 Å². The molecule has 4 rings (SSSR count). The molecule has 0 radical (unpaired) electrons. The van der Waals surface area contributed by atoms with E-state index in [1.807, 2.05) is 18.2 Å². The van der Waals surface area contributed by atoms with Crippen molar-refractivity contribution in [3.8, 4) is 11.5 Å². The number of benzene rings is 1. The highest BCUT2D eigenvalue weighted by atomic mass is 32.1. The van der Waals surface area contributed by atoms with Crippen LogP contribution >= 0.6 is 11.3 Å². The van der Waals surface area contributed by atoms with Crippen molar-refractivity contribution in [3.05, 3.63) is 46.2 Å². The van der Waals surface area contributed by atoms with E-state index in [4.69, 9.17) is 9.47 Å². The lowest BCUT2D eigenvalue weighted by atomic mass is 9.95. The van der Waals surface area contributed by atoms with Crippen molar-refractivity contribution in [3.63, 3.8) is 0 Å². The Kier molecular flexibility index (Phi) is 7.48. The van der Waals surface area contributed by atoms with Gasteiger partial charge in [0, 0.05) is 39.1 Å². The van der Waals surface area contributed by atoms with Crippen molar-refractivity contribution in [2.75, 3.05) is 45.9 Å². The monoisotopic (exact) mass is 443 g/mol. The summed E-state index contributed by atoms with van der Waals surface area (Å²) in [6.45, 7) is 10.9. The Morgan fingerprint density at radius 2 is 1.81 bits per heavy atom. The van der Waals surface area contributed by atoms with Crippen LogP contribution < -0.4 is 14.8 Å². The van der Waals surface area contributed by atoms with Gasteiger partial charge in [-0.05, 0) is 46.0 Å². The third kappa shape index (κ3) is 5.99. The summed E-state index contributed by atoms with van der Waals surface area (Å²) in [5.41, 5.74) is 2.44. The summed E-state index contributed by atoms with van der Waals surface area (Å²) in [4.78, 5) is 17.6. The molecule has 1 atom stereocenters. The molecule has 0 bridgehead atoms. The van der Waals surface area contributed by atoms with E-state index in [0.717, 1.165) is 56.2 Å². The zero-order valence-electron chi connectivity index (χ0n) is 18.5. The molecular weight excluding hydrogens is 410 g/mol.